The first-order valence-corrected chi connectivity index (χ1v) is 4.94. The van der Waals surface area contributed by atoms with E-state index < -0.39 is 18.1 Å². The van der Waals surface area contributed by atoms with Gasteiger partial charge < -0.3 is 19.9 Å². The number of ether oxygens (including phenoxy) is 3. The van der Waals surface area contributed by atoms with Crippen LogP contribution >= 0.6 is 0 Å². The van der Waals surface area contributed by atoms with Crippen LogP contribution in [0.1, 0.15) is 16.2 Å². The first-order valence-electron chi connectivity index (χ1n) is 4.94. The molecule has 0 radical (unpaired) electrons. The molecular formula is C10H11F3N2O4. The number of halogens is 3. The summed E-state index contributed by atoms with van der Waals surface area (Å²) in [5.74, 6) is -1.90. The molecule has 0 fully saturated rings. The third kappa shape index (κ3) is 3.71. The van der Waals surface area contributed by atoms with Gasteiger partial charge in [-0.15, -0.1) is 13.2 Å². The molecule has 0 aromatic carbocycles. The Kier molecular flexibility index (Phi) is 4.54. The van der Waals surface area contributed by atoms with E-state index in [1.165, 1.54) is 0 Å². The molecule has 0 bridgehead atoms. The molecule has 0 aliphatic carbocycles. The summed E-state index contributed by atoms with van der Waals surface area (Å²) in [7, 11) is 2.21. The van der Waals surface area contributed by atoms with Crippen molar-refractivity contribution in [1.82, 2.24) is 4.98 Å². The number of alkyl halides is 3. The first-order chi connectivity index (χ1) is 8.82. The number of hydrogen-bond donors (Lipinski definition) is 1. The largest absolute Gasteiger partial charge is 0.573 e. The molecule has 0 saturated heterocycles. The van der Waals surface area contributed by atoms with Gasteiger partial charge in [-0.1, -0.05) is 0 Å². The molecule has 19 heavy (non-hydrogen) atoms. The number of nitrogens with zero attached hydrogens (tertiary/aromatic N) is 1. The lowest BCUT2D eigenvalue weighted by Gasteiger charge is -2.15. The Morgan fingerprint density at radius 1 is 1.42 bits per heavy atom. The van der Waals surface area contributed by atoms with E-state index in [0.717, 1.165) is 20.3 Å². The van der Waals surface area contributed by atoms with Gasteiger partial charge in [0.2, 0.25) is 0 Å². The van der Waals surface area contributed by atoms with Gasteiger partial charge >= 0.3 is 12.3 Å². The topological polar surface area (TPSA) is 83.7 Å². The minimum Gasteiger partial charge on any atom is -0.491 e. The summed E-state index contributed by atoms with van der Waals surface area (Å²) in [5, 5.41) is 0. The molecule has 0 atom stereocenters. The van der Waals surface area contributed by atoms with Crippen LogP contribution in [0.25, 0.3) is 0 Å². The lowest BCUT2D eigenvalue weighted by Crippen LogP contribution is -2.19. The van der Waals surface area contributed by atoms with Crippen LogP contribution in [0, 0.1) is 0 Å². The van der Waals surface area contributed by atoms with Crippen LogP contribution in [-0.2, 0) is 11.3 Å². The summed E-state index contributed by atoms with van der Waals surface area (Å²) in [6, 6.07) is 0.775. The van der Waals surface area contributed by atoms with Crippen molar-refractivity contribution in [2.45, 2.75) is 12.9 Å². The van der Waals surface area contributed by atoms with E-state index in [0.29, 0.717) is 0 Å². The predicted octanol–water partition coefficient (Wildman–Crippen LogP) is 1.23. The monoisotopic (exact) mass is 280 g/mol. The molecule has 9 heteroatoms. The number of hydrogen-bond acceptors (Lipinski definition) is 6. The molecule has 0 aliphatic heterocycles. The van der Waals surface area contributed by atoms with Crippen molar-refractivity contribution in [3.8, 4) is 11.5 Å². The molecule has 0 amide bonds. The standard InChI is InChI=1S/C10H11F3N2O4/c1-17-8-6(4-14)15-5(9(16)18-2)3-7(8)19-10(11,12)13/h3H,4,14H2,1-2H3. The van der Waals surface area contributed by atoms with E-state index in [4.69, 9.17) is 10.5 Å². The molecule has 0 saturated carbocycles. The van der Waals surface area contributed by atoms with E-state index >= 15 is 0 Å². The Hall–Kier alpha value is -2.03. The smallest absolute Gasteiger partial charge is 0.491 e. The van der Waals surface area contributed by atoms with Crippen LogP contribution in [0.2, 0.25) is 0 Å². The second kappa shape index (κ2) is 5.74. The van der Waals surface area contributed by atoms with E-state index in [2.05, 4.69) is 14.5 Å². The molecule has 6 nitrogen and oxygen atoms in total. The lowest BCUT2D eigenvalue weighted by atomic mass is 10.2. The fraction of sp³-hybridized carbons (Fsp3) is 0.400. The molecule has 1 heterocycles. The SMILES string of the molecule is COC(=O)c1cc(OC(F)(F)F)c(OC)c(CN)n1. The van der Waals surface area contributed by atoms with Gasteiger partial charge in [0.25, 0.3) is 0 Å². The third-order valence-corrected chi connectivity index (χ3v) is 2.03. The number of rotatable bonds is 4. The highest BCUT2D eigenvalue weighted by molar-refractivity contribution is 5.88. The summed E-state index contributed by atoms with van der Waals surface area (Å²) >= 11 is 0. The summed E-state index contributed by atoms with van der Waals surface area (Å²) in [6.07, 6.45) is -4.94. The van der Waals surface area contributed by atoms with E-state index in [1.807, 2.05) is 0 Å². The van der Waals surface area contributed by atoms with E-state index in [9.17, 15) is 18.0 Å². The van der Waals surface area contributed by atoms with Crippen molar-refractivity contribution in [2.24, 2.45) is 5.73 Å². The number of esters is 1. The van der Waals surface area contributed by atoms with E-state index in [-0.39, 0.29) is 23.7 Å². The van der Waals surface area contributed by atoms with Crippen molar-refractivity contribution in [2.75, 3.05) is 14.2 Å². The maximum absolute atomic E-state index is 12.3. The summed E-state index contributed by atoms with van der Waals surface area (Å²) < 4.78 is 49.7. The van der Waals surface area contributed by atoms with Crippen LogP contribution in [0.15, 0.2) is 6.07 Å². The van der Waals surface area contributed by atoms with Crippen molar-refractivity contribution < 1.29 is 32.2 Å². The average Bonchev–Trinajstić information content (AvgIpc) is 2.34. The van der Waals surface area contributed by atoms with Gasteiger partial charge in [-0.25, -0.2) is 9.78 Å². The zero-order chi connectivity index (χ0) is 14.6. The van der Waals surface area contributed by atoms with Gasteiger partial charge in [0.15, 0.2) is 17.2 Å². The fourth-order valence-corrected chi connectivity index (χ4v) is 1.33. The highest BCUT2D eigenvalue weighted by Gasteiger charge is 2.34. The maximum Gasteiger partial charge on any atom is 0.573 e. The second-order valence-electron chi connectivity index (χ2n) is 3.23. The number of pyridine rings is 1. The molecule has 106 valence electrons. The quantitative estimate of drug-likeness (QED) is 0.835. The highest BCUT2D eigenvalue weighted by atomic mass is 19.4. The van der Waals surface area contributed by atoms with Gasteiger partial charge in [0.05, 0.1) is 14.2 Å². The highest BCUT2D eigenvalue weighted by Crippen LogP contribution is 2.34. The zero-order valence-electron chi connectivity index (χ0n) is 10.1. The van der Waals surface area contributed by atoms with Crippen LogP contribution < -0.4 is 15.2 Å². The first kappa shape index (κ1) is 15.0. The van der Waals surface area contributed by atoms with Crippen LogP contribution in [0.5, 0.6) is 11.5 Å². The Balaban J connectivity index is 3.35. The molecule has 2 N–H and O–H groups in total. The number of methoxy groups -OCH3 is 2. The summed E-state index contributed by atoms with van der Waals surface area (Å²) in [5.41, 5.74) is 4.93. The molecule has 0 unspecified atom stereocenters. The van der Waals surface area contributed by atoms with Crippen LogP contribution in [-0.4, -0.2) is 31.5 Å². The summed E-state index contributed by atoms with van der Waals surface area (Å²) in [4.78, 5) is 15.0. The van der Waals surface area contributed by atoms with E-state index in [1.54, 1.807) is 0 Å². The number of nitrogens with two attached hydrogens (primary N) is 1. The Labute approximate surface area is 106 Å². The Morgan fingerprint density at radius 2 is 2.05 bits per heavy atom. The normalized spacial score (nSPS) is 11.1. The number of carbonyl (C=O) groups excluding carboxylic acids is 1. The predicted molar refractivity (Wildman–Crippen MR) is 56.7 cm³/mol. The van der Waals surface area contributed by atoms with Crippen molar-refractivity contribution in [1.29, 1.82) is 0 Å². The average molecular weight is 280 g/mol. The van der Waals surface area contributed by atoms with Crippen LogP contribution in [0.4, 0.5) is 13.2 Å². The molecule has 0 aliphatic rings. The fourth-order valence-electron chi connectivity index (χ4n) is 1.33. The van der Waals surface area contributed by atoms with Gasteiger partial charge in [-0.2, -0.15) is 0 Å². The minimum absolute atomic E-state index is 0.0512. The molecule has 0 spiro atoms. The Bertz CT molecular complexity index is 477. The van der Waals surface area contributed by atoms with Crippen LogP contribution in [0.3, 0.4) is 0 Å². The summed E-state index contributed by atoms with van der Waals surface area (Å²) in [6.45, 7) is -0.234. The lowest BCUT2D eigenvalue weighted by molar-refractivity contribution is -0.275. The zero-order valence-corrected chi connectivity index (χ0v) is 10.1. The third-order valence-electron chi connectivity index (χ3n) is 2.03. The molecule has 1 aromatic rings. The molecular weight excluding hydrogens is 269 g/mol. The van der Waals surface area contributed by atoms with Gasteiger partial charge in [-0.05, 0) is 0 Å². The van der Waals surface area contributed by atoms with Crippen molar-refractivity contribution >= 4 is 5.97 Å². The van der Waals surface area contributed by atoms with Gasteiger partial charge in [0, 0.05) is 12.6 Å². The minimum atomic E-state index is -4.94. The molecule has 1 aromatic heterocycles. The van der Waals surface area contributed by atoms with Crippen molar-refractivity contribution in [3.63, 3.8) is 0 Å². The second-order valence-corrected chi connectivity index (χ2v) is 3.23. The number of aromatic nitrogens is 1. The van der Waals surface area contributed by atoms with Gasteiger partial charge in [-0.3, -0.25) is 0 Å². The van der Waals surface area contributed by atoms with Crippen molar-refractivity contribution in [3.05, 3.63) is 17.5 Å². The maximum atomic E-state index is 12.3. The Morgan fingerprint density at radius 3 is 2.47 bits per heavy atom. The number of carbonyl (C=O) groups is 1. The molecule has 1 rings (SSSR count). The van der Waals surface area contributed by atoms with Gasteiger partial charge in [0.1, 0.15) is 5.69 Å².